The first kappa shape index (κ1) is 19.6. The Morgan fingerprint density at radius 2 is 2.15 bits per heavy atom. The molecule has 0 amide bonds. The molecule has 2 rings (SSSR count). The second kappa shape index (κ2) is 7.64. The Kier molecular flexibility index (Phi) is 5.75. The molecule has 1 heterocycles. The van der Waals surface area contributed by atoms with E-state index in [4.69, 9.17) is 38.4 Å². The van der Waals surface area contributed by atoms with Gasteiger partial charge < -0.3 is 15.2 Å². The largest absolute Gasteiger partial charge is 0.463 e. The lowest BCUT2D eigenvalue weighted by atomic mass is 9.82. The minimum Gasteiger partial charge on any atom is -0.463 e. The van der Waals surface area contributed by atoms with Crippen LogP contribution in [0, 0.1) is 21.4 Å². The van der Waals surface area contributed by atoms with Gasteiger partial charge in [-0.1, -0.05) is 23.2 Å². The summed E-state index contributed by atoms with van der Waals surface area (Å²) in [6.45, 7) is 3.13. The van der Waals surface area contributed by atoms with E-state index in [1.54, 1.807) is 6.92 Å². The highest BCUT2D eigenvalue weighted by atomic mass is 35.5. The average Bonchev–Trinajstić information content (AvgIpc) is 2.54. The van der Waals surface area contributed by atoms with Crippen molar-refractivity contribution in [2.75, 3.05) is 6.61 Å². The Labute approximate surface area is 158 Å². The fourth-order valence-corrected chi connectivity index (χ4v) is 3.26. The summed E-state index contributed by atoms with van der Waals surface area (Å²) in [4.78, 5) is 23.0. The smallest absolute Gasteiger partial charge is 0.338 e. The molecule has 0 aromatic heterocycles. The SMILES string of the molecule is CCOC(=O)C1=C(C)OC(N)=C(C#N)C1c1c(Cl)ccc([N+](=O)[O-])c1Cl. The number of benzene rings is 1. The van der Waals surface area contributed by atoms with Crippen LogP contribution in [-0.2, 0) is 14.3 Å². The van der Waals surface area contributed by atoms with Gasteiger partial charge in [-0.3, -0.25) is 10.1 Å². The summed E-state index contributed by atoms with van der Waals surface area (Å²) in [5.41, 5.74) is 5.15. The van der Waals surface area contributed by atoms with Crippen LogP contribution in [0.25, 0.3) is 0 Å². The number of nitro groups is 1. The number of carbonyl (C=O) groups is 1. The Morgan fingerprint density at radius 1 is 1.50 bits per heavy atom. The van der Waals surface area contributed by atoms with Gasteiger partial charge in [0.2, 0.25) is 5.88 Å². The Hall–Kier alpha value is -2.76. The first-order chi connectivity index (χ1) is 12.2. The number of nitrogens with two attached hydrogens (primary N) is 1. The van der Waals surface area contributed by atoms with Gasteiger partial charge in [0.25, 0.3) is 5.69 Å². The number of carbonyl (C=O) groups excluding carboxylic acids is 1. The van der Waals surface area contributed by atoms with Gasteiger partial charge in [0.05, 0.1) is 23.0 Å². The predicted molar refractivity (Wildman–Crippen MR) is 93.1 cm³/mol. The van der Waals surface area contributed by atoms with Crippen LogP contribution in [0.5, 0.6) is 0 Å². The van der Waals surface area contributed by atoms with E-state index in [1.165, 1.54) is 13.0 Å². The number of hydrogen-bond acceptors (Lipinski definition) is 7. The first-order valence-electron chi connectivity index (χ1n) is 7.32. The fourth-order valence-electron chi connectivity index (χ4n) is 2.61. The van der Waals surface area contributed by atoms with Crippen LogP contribution in [0.3, 0.4) is 0 Å². The van der Waals surface area contributed by atoms with E-state index < -0.39 is 22.5 Å². The summed E-state index contributed by atoms with van der Waals surface area (Å²) < 4.78 is 10.3. The molecule has 1 aliphatic heterocycles. The lowest BCUT2D eigenvalue weighted by molar-refractivity contribution is -0.384. The molecule has 0 aliphatic carbocycles. The molecule has 0 saturated heterocycles. The summed E-state index contributed by atoms with van der Waals surface area (Å²) in [6, 6.07) is 4.25. The highest BCUT2D eigenvalue weighted by Gasteiger charge is 2.40. The van der Waals surface area contributed by atoms with Crippen molar-refractivity contribution in [2.24, 2.45) is 5.73 Å². The second-order valence-electron chi connectivity index (χ2n) is 5.17. The molecule has 0 bridgehead atoms. The Balaban J connectivity index is 2.83. The third kappa shape index (κ3) is 3.31. The third-order valence-corrected chi connectivity index (χ3v) is 4.42. The van der Waals surface area contributed by atoms with Gasteiger partial charge in [-0.2, -0.15) is 5.26 Å². The monoisotopic (exact) mass is 397 g/mol. The number of rotatable bonds is 4. The van der Waals surface area contributed by atoms with Crippen LogP contribution >= 0.6 is 23.2 Å². The lowest BCUT2D eigenvalue weighted by Gasteiger charge is -2.27. The number of allylic oxidation sites excluding steroid dienone is 2. The standard InChI is InChI=1S/C16H13Cl2N3O5/c1-3-25-16(22)11-7(2)26-15(20)8(6-19)12(11)13-9(17)4-5-10(14(13)18)21(23)24/h4-5,12H,3,20H2,1-2H3. The highest BCUT2D eigenvalue weighted by Crippen LogP contribution is 2.47. The van der Waals surface area contributed by atoms with Crippen LogP contribution in [-0.4, -0.2) is 17.5 Å². The molecule has 0 spiro atoms. The van der Waals surface area contributed by atoms with Crippen LogP contribution in [0.2, 0.25) is 10.0 Å². The van der Waals surface area contributed by atoms with Gasteiger partial charge >= 0.3 is 5.97 Å². The zero-order valence-corrected chi connectivity index (χ0v) is 15.2. The van der Waals surface area contributed by atoms with E-state index in [1.807, 2.05) is 6.07 Å². The quantitative estimate of drug-likeness (QED) is 0.467. The van der Waals surface area contributed by atoms with E-state index in [0.29, 0.717) is 0 Å². The summed E-state index contributed by atoms with van der Waals surface area (Å²) in [5.74, 6) is -2.09. The Morgan fingerprint density at radius 3 is 2.69 bits per heavy atom. The normalized spacial score (nSPS) is 16.8. The number of nitriles is 1. The predicted octanol–water partition coefficient (Wildman–Crippen LogP) is 3.55. The van der Waals surface area contributed by atoms with E-state index in [0.717, 1.165) is 6.07 Å². The van der Waals surface area contributed by atoms with Gasteiger partial charge in [-0.25, -0.2) is 4.79 Å². The van der Waals surface area contributed by atoms with Crippen molar-refractivity contribution in [3.63, 3.8) is 0 Å². The molecule has 26 heavy (non-hydrogen) atoms. The molecule has 0 fully saturated rings. The van der Waals surface area contributed by atoms with E-state index >= 15 is 0 Å². The van der Waals surface area contributed by atoms with Gasteiger partial charge in [-0.05, 0) is 19.9 Å². The van der Waals surface area contributed by atoms with Crippen LogP contribution in [0.1, 0.15) is 25.3 Å². The van der Waals surface area contributed by atoms with Crippen molar-refractivity contribution in [1.29, 1.82) is 5.26 Å². The van der Waals surface area contributed by atoms with Crippen LogP contribution in [0.4, 0.5) is 5.69 Å². The molecule has 8 nitrogen and oxygen atoms in total. The van der Waals surface area contributed by atoms with Crippen LogP contribution < -0.4 is 5.73 Å². The number of halogens is 2. The molecular weight excluding hydrogens is 385 g/mol. The highest BCUT2D eigenvalue weighted by molar-refractivity contribution is 6.37. The van der Waals surface area contributed by atoms with Crippen molar-refractivity contribution in [3.05, 3.63) is 60.6 Å². The zero-order chi connectivity index (χ0) is 19.6. The maximum Gasteiger partial charge on any atom is 0.338 e. The molecule has 1 unspecified atom stereocenters. The third-order valence-electron chi connectivity index (χ3n) is 3.69. The number of hydrogen-bond donors (Lipinski definition) is 1. The van der Waals surface area contributed by atoms with Gasteiger partial charge in [0, 0.05) is 16.7 Å². The van der Waals surface area contributed by atoms with Gasteiger partial charge in [0.1, 0.15) is 22.4 Å². The summed E-state index contributed by atoms with van der Waals surface area (Å²) >= 11 is 12.4. The minimum atomic E-state index is -1.16. The van der Waals surface area contributed by atoms with Crippen molar-refractivity contribution in [2.45, 2.75) is 19.8 Å². The first-order valence-corrected chi connectivity index (χ1v) is 8.07. The van der Waals surface area contributed by atoms with Gasteiger partial charge in [-0.15, -0.1) is 0 Å². The number of nitro benzene ring substituents is 1. The summed E-state index contributed by atoms with van der Waals surface area (Å²) in [5, 5.41) is 20.4. The molecule has 2 N–H and O–H groups in total. The summed E-state index contributed by atoms with van der Waals surface area (Å²) in [6.07, 6.45) is 0. The molecular formula is C16H13Cl2N3O5. The fraction of sp³-hybridized carbons (Fsp3) is 0.250. The molecule has 1 atom stereocenters. The minimum absolute atomic E-state index is 0.00716. The van der Waals surface area contributed by atoms with Gasteiger partial charge in [0.15, 0.2) is 0 Å². The van der Waals surface area contributed by atoms with Crippen molar-refractivity contribution in [1.82, 2.24) is 0 Å². The molecule has 1 aromatic rings. The number of esters is 1. The molecule has 0 saturated carbocycles. The van der Waals surface area contributed by atoms with Crippen molar-refractivity contribution in [3.8, 4) is 6.07 Å². The van der Waals surface area contributed by atoms with Crippen LogP contribution in [0.15, 0.2) is 34.9 Å². The topological polar surface area (TPSA) is 128 Å². The number of ether oxygens (including phenoxy) is 2. The lowest BCUT2D eigenvalue weighted by Crippen LogP contribution is -2.26. The van der Waals surface area contributed by atoms with Crippen molar-refractivity contribution >= 4 is 34.9 Å². The number of nitrogens with zero attached hydrogens (tertiary/aromatic N) is 2. The van der Waals surface area contributed by atoms with Crippen molar-refractivity contribution < 1.29 is 19.2 Å². The second-order valence-corrected chi connectivity index (χ2v) is 5.95. The average molecular weight is 398 g/mol. The van der Waals surface area contributed by atoms with E-state index in [9.17, 15) is 20.2 Å². The molecule has 10 heteroatoms. The Bertz CT molecular complexity index is 902. The molecule has 136 valence electrons. The maximum atomic E-state index is 12.4. The molecule has 0 radical (unpaired) electrons. The zero-order valence-electron chi connectivity index (χ0n) is 13.7. The summed E-state index contributed by atoms with van der Waals surface area (Å²) in [7, 11) is 0. The molecule has 1 aliphatic rings. The maximum absolute atomic E-state index is 12.4. The molecule has 1 aromatic carbocycles. The van der Waals surface area contributed by atoms with E-state index in [-0.39, 0.29) is 45.0 Å². The van der Waals surface area contributed by atoms with E-state index in [2.05, 4.69) is 0 Å².